The molecule has 0 aromatic heterocycles. The molecule has 0 bridgehead atoms. The van der Waals surface area contributed by atoms with Gasteiger partial charge in [-0.15, -0.1) is 12.4 Å². The zero-order valence-electron chi connectivity index (χ0n) is 14.9. The molecule has 3 rings (SSSR count). The van der Waals surface area contributed by atoms with Crippen LogP contribution in [0.1, 0.15) is 25.8 Å². The Bertz CT molecular complexity index is 756. The molecule has 146 valence electrons. The molecule has 1 aromatic carbocycles. The van der Waals surface area contributed by atoms with Crippen LogP contribution in [-0.4, -0.2) is 46.2 Å². The largest absolute Gasteiger partial charge is 0.478 e. The SMILES string of the molecule is CCOC(=O)C1Cc2cc(S(=O)(=O)NC3CNCCC3C)ccc2O1.Cl. The Kier molecular flexibility index (Phi) is 6.90. The molecular formula is C17H25ClN2O5S. The molecular weight excluding hydrogens is 380 g/mol. The van der Waals surface area contributed by atoms with E-state index in [1.165, 1.54) is 6.07 Å². The number of ether oxygens (including phenoxy) is 2. The molecule has 2 aliphatic rings. The van der Waals surface area contributed by atoms with Gasteiger partial charge in [-0.25, -0.2) is 17.9 Å². The maximum atomic E-state index is 12.7. The van der Waals surface area contributed by atoms with E-state index in [1.54, 1.807) is 19.1 Å². The summed E-state index contributed by atoms with van der Waals surface area (Å²) in [6.45, 7) is 5.60. The number of benzene rings is 1. The fourth-order valence-electron chi connectivity index (χ4n) is 3.17. The number of carbonyl (C=O) groups is 1. The van der Waals surface area contributed by atoms with Crippen LogP contribution in [0.5, 0.6) is 5.75 Å². The molecule has 3 unspecified atom stereocenters. The number of hydrogen-bond donors (Lipinski definition) is 2. The predicted octanol–water partition coefficient (Wildman–Crippen LogP) is 1.25. The van der Waals surface area contributed by atoms with E-state index in [2.05, 4.69) is 17.0 Å². The number of nitrogens with one attached hydrogen (secondary N) is 2. The molecule has 2 heterocycles. The van der Waals surface area contributed by atoms with E-state index >= 15 is 0 Å². The van der Waals surface area contributed by atoms with Gasteiger partial charge in [0, 0.05) is 19.0 Å². The Labute approximate surface area is 160 Å². The van der Waals surface area contributed by atoms with Crippen molar-refractivity contribution in [3.8, 4) is 5.75 Å². The average Bonchev–Trinajstić information content (AvgIpc) is 3.00. The average molecular weight is 405 g/mol. The van der Waals surface area contributed by atoms with Crippen LogP contribution in [0.3, 0.4) is 0 Å². The van der Waals surface area contributed by atoms with Crippen LogP contribution in [0.25, 0.3) is 0 Å². The van der Waals surface area contributed by atoms with E-state index in [9.17, 15) is 13.2 Å². The molecule has 2 N–H and O–H groups in total. The number of hydrogen-bond acceptors (Lipinski definition) is 6. The standard InChI is InChI=1S/C17H24N2O5S.ClH/c1-3-23-17(20)16-9-12-8-13(4-5-15(12)24-16)25(21,22)19-14-10-18-7-6-11(14)2;/h4-5,8,11,14,16,18-19H,3,6-7,9-10H2,1-2H3;1H. The van der Waals surface area contributed by atoms with Crippen LogP contribution in [0, 0.1) is 5.92 Å². The van der Waals surface area contributed by atoms with Gasteiger partial charge >= 0.3 is 5.97 Å². The van der Waals surface area contributed by atoms with Gasteiger partial charge in [0.2, 0.25) is 10.0 Å². The van der Waals surface area contributed by atoms with Crippen molar-refractivity contribution in [3.63, 3.8) is 0 Å². The lowest BCUT2D eigenvalue weighted by atomic mass is 9.96. The lowest BCUT2D eigenvalue weighted by Gasteiger charge is -2.30. The van der Waals surface area contributed by atoms with Gasteiger partial charge in [-0.2, -0.15) is 0 Å². The summed E-state index contributed by atoms with van der Waals surface area (Å²) < 4.78 is 38.7. The lowest BCUT2D eigenvalue weighted by Crippen LogP contribution is -2.50. The zero-order chi connectivity index (χ0) is 18.0. The highest BCUT2D eigenvalue weighted by molar-refractivity contribution is 7.89. The predicted molar refractivity (Wildman–Crippen MR) is 99.2 cm³/mol. The van der Waals surface area contributed by atoms with Gasteiger partial charge in [-0.3, -0.25) is 0 Å². The quantitative estimate of drug-likeness (QED) is 0.717. The number of sulfonamides is 1. The van der Waals surface area contributed by atoms with Crippen molar-refractivity contribution in [2.24, 2.45) is 5.92 Å². The van der Waals surface area contributed by atoms with Crippen molar-refractivity contribution in [1.29, 1.82) is 0 Å². The highest BCUT2D eigenvalue weighted by atomic mass is 35.5. The van der Waals surface area contributed by atoms with Crippen molar-refractivity contribution in [2.75, 3.05) is 19.7 Å². The summed E-state index contributed by atoms with van der Waals surface area (Å²) in [7, 11) is -3.62. The topological polar surface area (TPSA) is 93.7 Å². The third-order valence-electron chi connectivity index (χ3n) is 4.70. The molecule has 2 aliphatic heterocycles. The molecule has 3 atom stereocenters. The molecule has 1 fully saturated rings. The molecule has 9 heteroatoms. The van der Waals surface area contributed by atoms with Gasteiger partial charge < -0.3 is 14.8 Å². The number of carbonyl (C=O) groups excluding carboxylic acids is 1. The summed E-state index contributed by atoms with van der Waals surface area (Å²) in [5.41, 5.74) is 0.704. The second-order valence-electron chi connectivity index (χ2n) is 6.53. The van der Waals surface area contributed by atoms with E-state index < -0.39 is 22.1 Å². The number of piperidine rings is 1. The lowest BCUT2D eigenvalue weighted by molar-refractivity contribution is -0.150. The summed E-state index contributed by atoms with van der Waals surface area (Å²) in [6.07, 6.45) is 0.550. The minimum atomic E-state index is -3.62. The first-order chi connectivity index (χ1) is 11.9. The zero-order valence-corrected chi connectivity index (χ0v) is 16.5. The maximum absolute atomic E-state index is 12.7. The summed E-state index contributed by atoms with van der Waals surface area (Å²) in [5.74, 6) is 0.384. The highest BCUT2D eigenvalue weighted by Crippen LogP contribution is 2.31. The highest BCUT2D eigenvalue weighted by Gasteiger charge is 2.32. The minimum Gasteiger partial charge on any atom is -0.478 e. The Morgan fingerprint density at radius 1 is 1.42 bits per heavy atom. The number of fused-ring (bicyclic) bond motifs is 1. The Morgan fingerprint density at radius 3 is 2.88 bits per heavy atom. The van der Waals surface area contributed by atoms with Crippen LogP contribution in [0.4, 0.5) is 0 Å². The van der Waals surface area contributed by atoms with E-state index in [0.29, 0.717) is 24.3 Å². The van der Waals surface area contributed by atoms with Crippen LogP contribution < -0.4 is 14.8 Å². The first kappa shape index (κ1) is 21.0. The summed E-state index contributed by atoms with van der Waals surface area (Å²) in [4.78, 5) is 12.0. The molecule has 1 aromatic rings. The van der Waals surface area contributed by atoms with Gasteiger partial charge in [-0.1, -0.05) is 6.92 Å². The maximum Gasteiger partial charge on any atom is 0.347 e. The van der Waals surface area contributed by atoms with E-state index in [-0.39, 0.29) is 35.9 Å². The van der Waals surface area contributed by atoms with Crippen molar-refractivity contribution in [2.45, 2.75) is 43.7 Å². The van der Waals surface area contributed by atoms with Gasteiger partial charge in [-0.05, 0) is 49.6 Å². The Hall–Kier alpha value is -1.35. The fourth-order valence-corrected chi connectivity index (χ4v) is 4.57. The number of rotatable bonds is 5. The minimum absolute atomic E-state index is 0. The Morgan fingerprint density at radius 2 is 2.19 bits per heavy atom. The van der Waals surface area contributed by atoms with Crippen LogP contribution in [0.15, 0.2) is 23.1 Å². The van der Waals surface area contributed by atoms with Crippen molar-refractivity contribution in [3.05, 3.63) is 23.8 Å². The summed E-state index contributed by atoms with van der Waals surface area (Å²) in [5, 5.41) is 3.21. The molecule has 0 aliphatic carbocycles. The van der Waals surface area contributed by atoms with Gasteiger partial charge in [0.1, 0.15) is 5.75 Å². The summed E-state index contributed by atoms with van der Waals surface area (Å²) >= 11 is 0. The van der Waals surface area contributed by atoms with Crippen LogP contribution in [0.2, 0.25) is 0 Å². The molecule has 1 saturated heterocycles. The molecule has 0 amide bonds. The fraction of sp³-hybridized carbons (Fsp3) is 0.588. The van der Waals surface area contributed by atoms with Crippen LogP contribution in [-0.2, 0) is 26.0 Å². The molecule has 7 nitrogen and oxygen atoms in total. The van der Waals surface area contributed by atoms with Crippen molar-refractivity contribution >= 4 is 28.4 Å². The van der Waals surface area contributed by atoms with Gasteiger partial charge in [0.25, 0.3) is 0 Å². The van der Waals surface area contributed by atoms with Crippen molar-refractivity contribution in [1.82, 2.24) is 10.0 Å². The smallest absolute Gasteiger partial charge is 0.347 e. The third-order valence-corrected chi connectivity index (χ3v) is 6.19. The van der Waals surface area contributed by atoms with Crippen molar-refractivity contribution < 1.29 is 22.7 Å². The number of halogens is 1. The molecule has 26 heavy (non-hydrogen) atoms. The molecule has 0 saturated carbocycles. The summed E-state index contributed by atoms with van der Waals surface area (Å²) in [6, 6.07) is 4.56. The first-order valence-corrected chi connectivity index (χ1v) is 10.1. The van der Waals surface area contributed by atoms with Crippen LogP contribution >= 0.6 is 12.4 Å². The van der Waals surface area contributed by atoms with E-state index in [0.717, 1.165) is 13.0 Å². The Balaban J connectivity index is 0.00000243. The third kappa shape index (κ3) is 4.49. The second-order valence-corrected chi connectivity index (χ2v) is 8.24. The van der Waals surface area contributed by atoms with Gasteiger partial charge in [0.05, 0.1) is 11.5 Å². The molecule has 0 radical (unpaired) electrons. The first-order valence-electron chi connectivity index (χ1n) is 8.60. The molecule has 0 spiro atoms. The van der Waals surface area contributed by atoms with Gasteiger partial charge in [0.15, 0.2) is 6.10 Å². The second kappa shape index (κ2) is 8.56. The van der Waals surface area contributed by atoms with E-state index in [4.69, 9.17) is 9.47 Å². The van der Waals surface area contributed by atoms with E-state index in [1.807, 2.05) is 0 Å². The number of esters is 1. The monoisotopic (exact) mass is 404 g/mol. The normalized spacial score (nSPS) is 24.9.